The number of urea groups is 1. The summed E-state index contributed by atoms with van der Waals surface area (Å²) in [5.41, 5.74) is 0. The van der Waals surface area contributed by atoms with Gasteiger partial charge in [0.15, 0.2) is 0 Å². The third-order valence-electron chi connectivity index (χ3n) is 3.38. The molecule has 0 aromatic rings. The normalized spacial score (nSPS) is 17.9. The van der Waals surface area contributed by atoms with E-state index in [1.54, 1.807) is 0 Å². The zero-order valence-corrected chi connectivity index (χ0v) is 10.4. The highest BCUT2D eigenvalue weighted by molar-refractivity contribution is 5.74. The fourth-order valence-corrected chi connectivity index (χ4v) is 2.16. The van der Waals surface area contributed by atoms with Gasteiger partial charge in [-0.3, -0.25) is 0 Å². The van der Waals surface area contributed by atoms with Crippen LogP contribution in [0.5, 0.6) is 0 Å². The molecule has 1 fully saturated rings. The number of hydrogen-bond acceptors (Lipinski definition) is 2. The summed E-state index contributed by atoms with van der Waals surface area (Å²) in [6.07, 6.45) is 2.87. The quantitative estimate of drug-likeness (QED) is 0.715. The second-order valence-corrected chi connectivity index (χ2v) is 4.88. The number of nitrogens with one attached hydrogen (secondary N) is 1. The van der Waals surface area contributed by atoms with Crippen LogP contribution >= 0.6 is 0 Å². The SMILES string of the molecule is CC(C)C1CCN(C(=O)NCCCO)CC1. The fourth-order valence-electron chi connectivity index (χ4n) is 2.16. The van der Waals surface area contributed by atoms with E-state index < -0.39 is 0 Å². The van der Waals surface area contributed by atoms with Gasteiger partial charge in [-0.2, -0.15) is 0 Å². The molecule has 0 aromatic carbocycles. The van der Waals surface area contributed by atoms with Gasteiger partial charge in [0.1, 0.15) is 0 Å². The first-order chi connectivity index (χ1) is 7.65. The Hall–Kier alpha value is -0.770. The molecule has 94 valence electrons. The lowest BCUT2D eigenvalue weighted by Crippen LogP contribution is -2.45. The van der Waals surface area contributed by atoms with E-state index in [9.17, 15) is 4.79 Å². The van der Waals surface area contributed by atoms with Crippen LogP contribution in [-0.2, 0) is 0 Å². The summed E-state index contributed by atoms with van der Waals surface area (Å²) < 4.78 is 0. The number of nitrogens with zero attached hydrogens (tertiary/aromatic N) is 1. The molecule has 1 aliphatic heterocycles. The smallest absolute Gasteiger partial charge is 0.317 e. The van der Waals surface area contributed by atoms with E-state index in [1.165, 1.54) is 0 Å². The standard InChI is InChI=1S/C12H24N2O2/c1-10(2)11-4-7-14(8-5-11)12(16)13-6-3-9-15/h10-11,15H,3-9H2,1-2H3,(H,13,16). The second kappa shape index (κ2) is 6.74. The Labute approximate surface area is 98.0 Å². The van der Waals surface area contributed by atoms with Gasteiger partial charge in [0.2, 0.25) is 0 Å². The summed E-state index contributed by atoms with van der Waals surface area (Å²) in [6.45, 7) is 6.94. The lowest BCUT2D eigenvalue weighted by Gasteiger charge is -2.33. The van der Waals surface area contributed by atoms with Crippen LogP contribution in [0.2, 0.25) is 0 Å². The Balaban J connectivity index is 2.22. The third kappa shape index (κ3) is 4.00. The molecule has 1 saturated heterocycles. The van der Waals surface area contributed by atoms with Crippen LogP contribution in [0.4, 0.5) is 4.79 Å². The molecule has 16 heavy (non-hydrogen) atoms. The van der Waals surface area contributed by atoms with Gasteiger partial charge in [0, 0.05) is 26.2 Å². The number of piperidine rings is 1. The van der Waals surface area contributed by atoms with Crippen LogP contribution in [0.3, 0.4) is 0 Å². The van der Waals surface area contributed by atoms with Gasteiger partial charge in [0.05, 0.1) is 0 Å². The molecule has 0 aromatic heterocycles. The zero-order chi connectivity index (χ0) is 12.0. The first-order valence-corrected chi connectivity index (χ1v) is 6.28. The monoisotopic (exact) mass is 228 g/mol. The Morgan fingerprint density at radius 2 is 2.06 bits per heavy atom. The highest BCUT2D eigenvalue weighted by Gasteiger charge is 2.23. The van der Waals surface area contributed by atoms with Gasteiger partial charge < -0.3 is 15.3 Å². The molecule has 4 heteroatoms. The van der Waals surface area contributed by atoms with E-state index in [1.807, 2.05) is 4.90 Å². The number of aliphatic hydroxyl groups is 1. The molecule has 0 unspecified atom stereocenters. The highest BCUT2D eigenvalue weighted by atomic mass is 16.3. The zero-order valence-electron chi connectivity index (χ0n) is 10.4. The maximum atomic E-state index is 11.7. The van der Waals surface area contributed by atoms with Gasteiger partial charge in [-0.05, 0) is 31.1 Å². The minimum absolute atomic E-state index is 0.0238. The van der Waals surface area contributed by atoms with E-state index >= 15 is 0 Å². The molecule has 1 heterocycles. The predicted octanol–water partition coefficient (Wildman–Crippen LogP) is 1.45. The maximum Gasteiger partial charge on any atom is 0.317 e. The molecule has 1 rings (SSSR count). The molecule has 0 spiro atoms. The van der Waals surface area contributed by atoms with Gasteiger partial charge in [0.25, 0.3) is 0 Å². The van der Waals surface area contributed by atoms with Crippen LogP contribution in [0.15, 0.2) is 0 Å². The second-order valence-electron chi connectivity index (χ2n) is 4.88. The average Bonchev–Trinajstić information content (AvgIpc) is 2.29. The Kier molecular flexibility index (Phi) is 5.60. The van der Waals surface area contributed by atoms with Crippen molar-refractivity contribution in [3.8, 4) is 0 Å². The minimum atomic E-state index is 0.0238. The molecular weight excluding hydrogens is 204 g/mol. The van der Waals surface area contributed by atoms with Crippen LogP contribution in [0, 0.1) is 11.8 Å². The molecule has 2 N–H and O–H groups in total. The maximum absolute atomic E-state index is 11.7. The van der Waals surface area contributed by atoms with E-state index in [0.717, 1.165) is 37.8 Å². The molecule has 4 nitrogen and oxygen atoms in total. The van der Waals surface area contributed by atoms with Crippen molar-refractivity contribution in [2.75, 3.05) is 26.2 Å². The third-order valence-corrected chi connectivity index (χ3v) is 3.38. The minimum Gasteiger partial charge on any atom is -0.396 e. The van der Waals surface area contributed by atoms with Crippen LogP contribution in [-0.4, -0.2) is 42.3 Å². The number of carbonyl (C=O) groups is 1. The van der Waals surface area contributed by atoms with Gasteiger partial charge in [-0.25, -0.2) is 4.79 Å². The number of aliphatic hydroxyl groups excluding tert-OH is 1. The fraction of sp³-hybridized carbons (Fsp3) is 0.917. The number of rotatable bonds is 4. The molecule has 0 atom stereocenters. The van der Waals surface area contributed by atoms with Crippen molar-refractivity contribution >= 4 is 6.03 Å². The summed E-state index contributed by atoms with van der Waals surface area (Å²) in [6, 6.07) is 0.0238. The average molecular weight is 228 g/mol. The Morgan fingerprint density at radius 1 is 1.44 bits per heavy atom. The summed E-state index contributed by atoms with van der Waals surface area (Å²) in [7, 11) is 0. The number of likely N-dealkylation sites (tertiary alicyclic amines) is 1. The van der Waals surface area contributed by atoms with Crippen molar-refractivity contribution in [3.05, 3.63) is 0 Å². The number of hydrogen-bond donors (Lipinski definition) is 2. The predicted molar refractivity (Wildman–Crippen MR) is 64.2 cm³/mol. The molecule has 0 saturated carbocycles. The van der Waals surface area contributed by atoms with Crippen LogP contribution in [0.25, 0.3) is 0 Å². The number of amides is 2. The molecule has 0 bridgehead atoms. The topological polar surface area (TPSA) is 52.6 Å². The summed E-state index contributed by atoms with van der Waals surface area (Å²) >= 11 is 0. The molecule has 0 radical (unpaired) electrons. The van der Waals surface area contributed by atoms with E-state index in [0.29, 0.717) is 13.0 Å². The van der Waals surface area contributed by atoms with Crippen LogP contribution in [0.1, 0.15) is 33.1 Å². The largest absolute Gasteiger partial charge is 0.396 e. The molecule has 2 amide bonds. The first kappa shape index (κ1) is 13.3. The molecule has 0 aliphatic carbocycles. The van der Waals surface area contributed by atoms with Crippen molar-refractivity contribution in [1.82, 2.24) is 10.2 Å². The van der Waals surface area contributed by atoms with Crippen molar-refractivity contribution in [1.29, 1.82) is 0 Å². The molecule has 1 aliphatic rings. The van der Waals surface area contributed by atoms with Gasteiger partial charge in [-0.15, -0.1) is 0 Å². The van der Waals surface area contributed by atoms with Crippen molar-refractivity contribution in [2.45, 2.75) is 33.1 Å². The number of carbonyl (C=O) groups excluding carboxylic acids is 1. The van der Waals surface area contributed by atoms with Crippen molar-refractivity contribution < 1.29 is 9.90 Å². The van der Waals surface area contributed by atoms with Crippen molar-refractivity contribution in [3.63, 3.8) is 0 Å². The Bertz CT molecular complexity index is 211. The first-order valence-electron chi connectivity index (χ1n) is 6.28. The summed E-state index contributed by atoms with van der Waals surface area (Å²) in [5.74, 6) is 1.49. The molecular formula is C12H24N2O2. The van der Waals surface area contributed by atoms with Gasteiger partial charge in [-0.1, -0.05) is 13.8 Å². The Morgan fingerprint density at radius 3 is 2.56 bits per heavy atom. The summed E-state index contributed by atoms with van der Waals surface area (Å²) in [5, 5.41) is 11.4. The van der Waals surface area contributed by atoms with E-state index in [2.05, 4.69) is 19.2 Å². The highest BCUT2D eigenvalue weighted by Crippen LogP contribution is 2.24. The van der Waals surface area contributed by atoms with Crippen molar-refractivity contribution in [2.24, 2.45) is 11.8 Å². The summed E-state index contributed by atoms with van der Waals surface area (Å²) in [4.78, 5) is 13.6. The lowest BCUT2D eigenvalue weighted by molar-refractivity contribution is 0.156. The van der Waals surface area contributed by atoms with Crippen LogP contribution < -0.4 is 5.32 Å². The van der Waals surface area contributed by atoms with E-state index in [-0.39, 0.29) is 12.6 Å². The van der Waals surface area contributed by atoms with Gasteiger partial charge >= 0.3 is 6.03 Å². The van der Waals surface area contributed by atoms with E-state index in [4.69, 9.17) is 5.11 Å². The lowest BCUT2D eigenvalue weighted by atomic mass is 9.87.